The Morgan fingerprint density at radius 1 is 1.09 bits per heavy atom. The van der Waals surface area contributed by atoms with E-state index in [-0.39, 0.29) is 23.8 Å². The van der Waals surface area contributed by atoms with Crippen molar-refractivity contribution in [3.05, 3.63) is 48.0 Å². The van der Waals surface area contributed by atoms with Gasteiger partial charge in [0.2, 0.25) is 6.10 Å². The topological polar surface area (TPSA) is 55.4 Å². The van der Waals surface area contributed by atoms with E-state index < -0.39 is 6.10 Å². The first-order valence-corrected chi connectivity index (χ1v) is 7.95. The van der Waals surface area contributed by atoms with Crippen molar-refractivity contribution in [1.82, 2.24) is 5.32 Å². The van der Waals surface area contributed by atoms with E-state index in [2.05, 4.69) is 11.4 Å². The molecule has 0 spiro atoms. The molecule has 1 amide bonds. The number of hydrogen-bond acceptors (Lipinski definition) is 3. The SMILES string of the molecule is O=C(O[C@H](C(=O)NC1CC1)c1ccccc1)[C@H]1CC=CCC1. The quantitative estimate of drug-likeness (QED) is 0.672. The van der Waals surface area contributed by atoms with E-state index in [0.717, 1.165) is 31.2 Å². The predicted octanol–water partition coefficient (Wildman–Crippen LogP) is 2.91. The zero-order valence-corrected chi connectivity index (χ0v) is 12.5. The first-order valence-electron chi connectivity index (χ1n) is 7.95. The minimum Gasteiger partial charge on any atom is -0.447 e. The molecule has 0 aromatic heterocycles. The highest BCUT2D eigenvalue weighted by Crippen LogP contribution is 2.26. The normalized spacial score (nSPS) is 21.9. The molecule has 4 heteroatoms. The number of hydrogen-bond donors (Lipinski definition) is 1. The van der Waals surface area contributed by atoms with Crippen LogP contribution < -0.4 is 5.32 Å². The summed E-state index contributed by atoms with van der Waals surface area (Å²) in [5, 5.41) is 2.93. The Hall–Kier alpha value is -2.10. The van der Waals surface area contributed by atoms with Gasteiger partial charge in [0.1, 0.15) is 0 Å². The molecular weight excluding hydrogens is 278 g/mol. The molecule has 3 rings (SSSR count). The summed E-state index contributed by atoms with van der Waals surface area (Å²) in [4.78, 5) is 24.8. The first kappa shape index (κ1) is 14.8. The molecule has 22 heavy (non-hydrogen) atoms. The van der Waals surface area contributed by atoms with Gasteiger partial charge in [-0.2, -0.15) is 0 Å². The number of allylic oxidation sites excluding steroid dienone is 2. The minimum atomic E-state index is -0.847. The van der Waals surface area contributed by atoms with Crippen molar-refractivity contribution in [3.8, 4) is 0 Å². The van der Waals surface area contributed by atoms with Crippen LogP contribution in [0, 0.1) is 5.92 Å². The van der Waals surface area contributed by atoms with Crippen molar-refractivity contribution >= 4 is 11.9 Å². The highest BCUT2D eigenvalue weighted by atomic mass is 16.5. The number of esters is 1. The highest BCUT2D eigenvalue weighted by molar-refractivity contribution is 5.86. The molecule has 4 nitrogen and oxygen atoms in total. The van der Waals surface area contributed by atoms with E-state index >= 15 is 0 Å². The van der Waals surface area contributed by atoms with E-state index in [1.807, 2.05) is 36.4 Å². The molecule has 1 saturated carbocycles. The predicted molar refractivity (Wildman–Crippen MR) is 82.9 cm³/mol. The maximum atomic E-state index is 12.4. The molecule has 0 aliphatic heterocycles. The van der Waals surface area contributed by atoms with Crippen molar-refractivity contribution < 1.29 is 14.3 Å². The van der Waals surface area contributed by atoms with Crippen LogP contribution in [-0.4, -0.2) is 17.9 Å². The van der Waals surface area contributed by atoms with Gasteiger partial charge in [-0.1, -0.05) is 42.5 Å². The van der Waals surface area contributed by atoms with Crippen molar-refractivity contribution in [2.24, 2.45) is 5.92 Å². The summed E-state index contributed by atoms with van der Waals surface area (Å²) < 4.78 is 5.58. The van der Waals surface area contributed by atoms with E-state index in [4.69, 9.17) is 4.74 Å². The Labute approximate surface area is 130 Å². The molecule has 0 radical (unpaired) electrons. The highest BCUT2D eigenvalue weighted by Gasteiger charge is 2.32. The number of amides is 1. The molecule has 0 unspecified atom stereocenters. The summed E-state index contributed by atoms with van der Waals surface area (Å²) in [6.07, 6.45) is 7.65. The number of benzene rings is 1. The molecule has 116 valence electrons. The first-order chi connectivity index (χ1) is 10.7. The summed E-state index contributed by atoms with van der Waals surface area (Å²) in [6.45, 7) is 0. The van der Waals surface area contributed by atoms with Crippen molar-refractivity contribution in [2.75, 3.05) is 0 Å². The van der Waals surface area contributed by atoms with Crippen LogP contribution in [0.4, 0.5) is 0 Å². The minimum absolute atomic E-state index is 0.134. The molecule has 0 heterocycles. The average molecular weight is 299 g/mol. The molecule has 1 N–H and O–H groups in total. The van der Waals surface area contributed by atoms with Gasteiger partial charge in [0.15, 0.2) is 0 Å². The maximum absolute atomic E-state index is 12.4. The van der Waals surface area contributed by atoms with Gasteiger partial charge < -0.3 is 10.1 Å². The van der Waals surface area contributed by atoms with Gasteiger partial charge >= 0.3 is 5.97 Å². The van der Waals surface area contributed by atoms with E-state index in [1.165, 1.54) is 0 Å². The largest absolute Gasteiger partial charge is 0.447 e. The fourth-order valence-corrected chi connectivity index (χ4v) is 2.63. The zero-order chi connectivity index (χ0) is 15.4. The van der Waals surface area contributed by atoms with Crippen LogP contribution in [0.15, 0.2) is 42.5 Å². The second-order valence-electron chi connectivity index (χ2n) is 5.99. The van der Waals surface area contributed by atoms with Crippen molar-refractivity contribution in [1.29, 1.82) is 0 Å². The Morgan fingerprint density at radius 3 is 2.50 bits per heavy atom. The van der Waals surface area contributed by atoms with Gasteiger partial charge in [0, 0.05) is 11.6 Å². The lowest BCUT2D eigenvalue weighted by molar-refractivity contribution is -0.160. The third-order valence-electron chi connectivity index (χ3n) is 4.10. The summed E-state index contributed by atoms with van der Waals surface area (Å²) in [6, 6.07) is 9.48. The van der Waals surface area contributed by atoms with E-state index in [0.29, 0.717) is 6.42 Å². The Kier molecular flexibility index (Phi) is 4.56. The van der Waals surface area contributed by atoms with E-state index in [9.17, 15) is 9.59 Å². The number of ether oxygens (including phenoxy) is 1. The molecule has 1 aromatic rings. The van der Waals surface area contributed by atoms with Crippen LogP contribution in [0.2, 0.25) is 0 Å². The molecule has 2 atom stereocenters. The Balaban J connectivity index is 1.71. The second kappa shape index (κ2) is 6.77. The molecule has 1 fully saturated rings. The van der Waals surface area contributed by atoms with Gasteiger partial charge in [-0.3, -0.25) is 9.59 Å². The number of carbonyl (C=O) groups excluding carboxylic acids is 2. The fourth-order valence-electron chi connectivity index (χ4n) is 2.63. The van der Waals surface area contributed by atoms with Crippen LogP contribution in [0.3, 0.4) is 0 Å². The molecule has 2 aliphatic rings. The Morgan fingerprint density at radius 2 is 1.86 bits per heavy atom. The standard InChI is InChI=1S/C18H21NO3/c20-17(19-15-11-12-15)16(13-7-3-1-4-8-13)22-18(21)14-9-5-2-6-10-14/h1-5,7-8,14-16H,6,9-12H2,(H,19,20)/t14-,16-/m0/s1. The lowest BCUT2D eigenvalue weighted by Gasteiger charge is -2.22. The summed E-state index contributed by atoms with van der Waals surface area (Å²) >= 11 is 0. The zero-order valence-electron chi connectivity index (χ0n) is 12.5. The summed E-state index contributed by atoms with van der Waals surface area (Å²) in [7, 11) is 0. The third kappa shape index (κ3) is 3.75. The maximum Gasteiger partial charge on any atom is 0.310 e. The molecular formula is C18H21NO3. The number of rotatable bonds is 5. The fraction of sp³-hybridized carbons (Fsp3) is 0.444. The lowest BCUT2D eigenvalue weighted by Crippen LogP contribution is -2.34. The molecule has 1 aromatic carbocycles. The van der Waals surface area contributed by atoms with Crippen LogP contribution in [0.1, 0.15) is 43.8 Å². The summed E-state index contributed by atoms with van der Waals surface area (Å²) in [5.41, 5.74) is 0.723. The van der Waals surface area contributed by atoms with Gasteiger partial charge in [0.05, 0.1) is 5.92 Å². The second-order valence-corrected chi connectivity index (χ2v) is 5.99. The van der Waals surface area contributed by atoms with Crippen LogP contribution in [-0.2, 0) is 14.3 Å². The summed E-state index contributed by atoms with van der Waals surface area (Å²) in [5.74, 6) is -0.623. The van der Waals surface area contributed by atoms with Crippen molar-refractivity contribution in [3.63, 3.8) is 0 Å². The average Bonchev–Trinajstić information content (AvgIpc) is 3.38. The van der Waals surface area contributed by atoms with Gasteiger partial charge in [0.25, 0.3) is 5.91 Å². The lowest BCUT2D eigenvalue weighted by atomic mass is 9.94. The number of carbonyl (C=O) groups is 2. The number of nitrogens with one attached hydrogen (secondary N) is 1. The Bertz CT molecular complexity index is 563. The van der Waals surface area contributed by atoms with Crippen LogP contribution in [0.25, 0.3) is 0 Å². The van der Waals surface area contributed by atoms with Gasteiger partial charge in [-0.05, 0) is 32.1 Å². The van der Waals surface area contributed by atoms with Gasteiger partial charge in [-0.25, -0.2) is 0 Å². The third-order valence-corrected chi connectivity index (χ3v) is 4.10. The van der Waals surface area contributed by atoms with Crippen LogP contribution >= 0.6 is 0 Å². The van der Waals surface area contributed by atoms with Crippen molar-refractivity contribution in [2.45, 2.75) is 44.2 Å². The molecule has 0 saturated heterocycles. The van der Waals surface area contributed by atoms with Gasteiger partial charge in [-0.15, -0.1) is 0 Å². The smallest absolute Gasteiger partial charge is 0.310 e. The van der Waals surface area contributed by atoms with E-state index in [1.54, 1.807) is 0 Å². The molecule has 0 bridgehead atoms. The van der Waals surface area contributed by atoms with Crippen LogP contribution in [0.5, 0.6) is 0 Å². The molecule has 2 aliphatic carbocycles. The monoisotopic (exact) mass is 299 g/mol.